The van der Waals surface area contributed by atoms with E-state index in [2.05, 4.69) is 75.8 Å². The van der Waals surface area contributed by atoms with Crippen molar-refractivity contribution in [2.24, 2.45) is 10.4 Å². The van der Waals surface area contributed by atoms with Crippen molar-refractivity contribution in [3.63, 3.8) is 0 Å². The summed E-state index contributed by atoms with van der Waals surface area (Å²) in [6.45, 7) is 19.0. The molecule has 1 rings (SSSR count). The molecule has 0 spiro atoms. The molecular formula is C20H30N2. The topological polar surface area (TPSA) is 24.4 Å². The summed E-state index contributed by atoms with van der Waals surface area (Å²) in [4.78, 5) is 4.51. The predicted octanol–water partition coefficient (Wildman–Crippen LogP) is 5.89. The van der Waals surface area contributed by atoms with Crippen LogP contribution in [0.1, 0.15) is 52.7 Å². The van der Waals surface area contributed by atoms with Crippen LogP contribution in [0, 0.1) is 12.3 Å². The standard InChI is InChI=1S/C20H30N2/c1-9-14(2)16(4)21-17(5)22-19-11-10-15(3)18(12-19)13-20(6,7)8/h9-12,22H,5,13H2,1-4,6-8H3/b14-9-,21-16-. The number of anilines is 1. The molecule has 0 atom stereocenters. The summed E-state index contributed by atoms with van der Waals surface area (Å²) in [5.74, 6) is 0.671. The maximum absolute atomic E-state index is 4.51. The Balaban J connectivity index is 2.91. The molecule has 120 valence electrons. The van der Waals surface area contributed by atoms with Crippen LogP contribution < -0.4 is 5.32 Å². The Hall–Kier alpha value is -1.83. The highest BCUT2D eigenvalue weighted by molar-refractivity contribution is 5.98. The number of hydrogen-bond acceptors (Lipinski definition) is 2. The van der Waals surface area contributed by atoms with Gasteiger partial charge in [0.2, 0.25) is 0 Å². The Morgan fingerprint density at radius 2 is 1.91 bits per heavy atom. The number of benzene rings is 1. The van der Waals surface area contributed by atoms with E-state index in [0.29, 0.717) is 5.82 Å². The second kappa shape index (κ2) is 7.44. The number of nitrogens with one attached hydrogen (secondary N) is 1. The summed E-state index contributed by atoms with van der Waals surface area (Å²) < 4.78 is 0. The van der Waals surface area contributed by atoms with Crippen molar-refractivity contribution >= 4 is 11.4 Å². The highest BCUT2D eigenvalue weighted by Gasteiger charge is 2.13. The number of aryl methyl sites for hydroxylation is 1. The second-order valence-corrected chi connectivity index (χ2v) is 7.12. The van der Waals surface area contributed by atoms with Crippen molar-refractivity contribution in [3.05, 3.63) is 53.4 Å². The van der Waals surface area contributed by atoms with E-state index < -0.39 is 0 Å². The zero-order valence-corrected chi connectivity index (χ0v) is 15.2. The summed E-state index contributed by atoms with van der Waals surface area (Å²) in [6.07, 6.45) is 3.11. The number of allylic oxidation sites excluding steroid dienone is 2. The Labute approximate surface area is 136 Å². The fourth-order valence-corrected chi connectivity index (χ4v) is 2.21. The van der Waals surface area contributed by atoms with E-state index in [1.165, 1.54) is 16.7 Å². The summed E-state index contributed by atoms with van der Waals surface area (Å²) in [5, 5.41) is 3.30. The van der Waals surface area contributed by atoms with E-state index in [4.69, 9.17) is 0 Å². The third-order valence-corrected chi connectivity index (χ3v) is 3.66. The third-order valence-electron chi connectivity index (χ3n) is 3.66. The van der Waals surface area contributed by atoms with Gasteiger partial charge in [-0.15, -0.1) is 0 Å². The van der Waals surface area contributed by atoms with E-state index >= 15 is 0 Å². The third kappa shape index (κ3) is 5.88. The first-order chi connectivity index (χ1) is 10.1. The molecule has 0 amide bonds. The number of rotatable bonds is 5. The minimum absolute atomic E-state index is 0.276. The Kier molecular flexibility index (Phi) is 6.16. The Morgan fingerprint density at radius 3 is 2.45 bits per heavy atom. The number of hydrogen-bond donors (Lipinski definition) is 1. The molecule has 22 heavy (non-hydrogen) atoms. The number of aliphatic imine (C=N–C) groups is 1. The molecule has 0 saturated carbocycles. The maximum Gasteiger partial charge on any atom is 0.123 e. The molecule has 0 unspecified atom stereocenters. The van der Waals surface area contributed by atoms with Crippen molar-refractivity contribution in [2.75, 3.05) is 5.32 Å². The molecule has 0 heterocycles. The fourth-order valence-electron chi connectivity index (χ4n) is 2.21. The van der Waals surface area contributed by atoms with E-state index in [1.54, 1.807) is 0 Å². The van der Waals surface area contributed by atoms with Crippen LogP contribution in [0.15, 0.2) is 47.2 Å². The molecule has 1 aromatic rings. The Bertz CT molecular complexity index is 599. The molecule has 2 nitrogen and oxygen atoms in total. The normalized spacial score (nSPS) is 13.2. The van der Waals surface area contributed by atoms with Gasteiger partial charge in [-0.2, -0.15) is 0 Å². The highest BCUT2D eigenvalue weighted by Crippen LogP contribution is 2.25. The van der Waals surface area contributed by atoms with Gasteiger partial charge in [-0.05, 0) is 68.4 Å². The van der Waals surface area contributed by atoms with Crippen LogP contribution in [0.4, 0.5) is 5.69 Å². The van der Waals surface area contributed by atoms with Crippen LogP contribution in [0.3, 0.4) is 0 Å². The van der Waals surface area contributed by atoms with Gasteiger partial charge in [0.15, 0.2) is 0 Å². The van der Waals surface area contributed by atoms with Crippen molar-refractivity contribution in [2.45, 2.75) is 54.9 Å². The van der Waals surface area contributed by atoms with Crippen molar-refractivity contribution in [3.8, 4) is 0 Å². The second-order valence-electron chi connectivity index (χ2n) is 7.12. The minimum atomic E-state index is 0.276. The van der Waals surface area contributed by atoms with E-state index in [-0.39, 0.29) is 5.41 Å². The van der Waals surface area contributed by atoms with Gasteiger partial charge < -0.3 is 5.32 Å². The van der Waals surface area contributed by atoms with Crippen molar-refractivity contribution < 1.29 is 0 Å². The fraction of sp³-hybridized carbons (Fsp3) is 0.450. The van der Waals surface area contributed by atoms with Gasteiger partial charge in [0.1, 0.15) is 5.82 Å². The lowest BCUT2D eigenvalue weighted by atomic mass is 9.86. The van der Waals surface area contributed by atoms with Crippen molar-refractivity contribution in [1.82, 2.24) is 0 Å². The van der Waals surface area contributed by atoms with E-state index in [0.717, 1.165) is 17.8 Å². The quantitative estimate of drug-likeness (QED) is 0.673. The largest absolute Gasteiger partial charge is 0.341 e. The summed E-state index contributed by atoms with van der Waals surface area (Å²) in [7, 11) is 0. The van der Waals surface area contributed by atoms with Gasteiger partial charge in [-0.25, -0.2) is 4.99 Å². The van der Waals surface area contributed by atoms with Gasteiger partial charge in [0.05, 0.1) is 0 Å². The smallest absolute Gasteiger partial charge is 0.123 e. The zero-order valence-electron chi connectivity index (χ0n) is 15.2. The molecule has 0 bridgehead atoms. The average molecular weight is 298 g/mol. The molecule has 0 aromatic heterocycles. The molecule has 0 saturated heterocycles. The van der Waals surface area contributed by atoms with Crippen LogP contribution in [0.25, 0.3) is 0 Å². The summed E-state index contributed by atoms with van der Waals surface area (Å²) in [6, 6.07) is 6.45. The number of nitrogens with zero attached hydrogens (tertiary/aromatic N) is 1. The summed E-state index contributed by atoms with van der Waals surface area (Å²) in [5.41, 5.74) is 6.18. The van der Waals surface area contributed by atoms with Gasteiger partial charge in [0.25, 0.3) is 0 Å². The maximum atomic E-state index is 4.51. The van der Waals surface area contributed by atoms with Gasteiger partial charge in [-0.3, -0.25) is 0 Å². The van der Waals surface area contributed by atoms with Crippen LogP contribution in [-0.4, -0.2) is 5.71 Å². The first-order valence-electron chi connectivity index (χ1n) is 7.86. The monoisotopic (exact) mass is 298 g/mol. The molecule has 0 radical (unpaired) electrons. The first kappa shape index (κ1) is 18.2. The highest BCUT2D eigenvalue weighted by atomic mass is 15.0. The van der Waals surface area contributed by atoms with Gasteiger partial charge in [0, 0.05) is 11.4 Å². The molecule has 1 aromatic carbocycles. The Morgan fingerprint density at radius 1 is 1.27 bits per heavy atom. The zero-order chi connectivity index (χ0) is 16.9. The molecule has 0 aliphatic heterocycles. The lowest BCUT2D eigenvalue weighted by Gasteiger charge is -2.20. The van der Waals surface area contributed by atoms with Crippen LogP contribution in [0.5, 0.6) is 0 Å². The molecular weight excluding hydrogens is 268 g/mol. The van der Waals surface area contributed by atoms with E-state index in [9.17, 15) is 0 Å². The molecule has 2 heteroatoms. The van der Waals surface area contributed by atoms with Crippen molar-refractivity contribution in [1.29, 1.82) is 0 Å². The lowest BCUT2D eigenvalue weighted by molar-refractivity contribution is 0.410. The molecule has 0 aliphatic rings. The lowest BCUT2D eigenvalue weighted by Crippen LogP contribution is -2.10. The van der Waals surface area contributed by atoms with Crippen LogP contribution >= 0.6 is 0 Å². The first-order valence-corrected chi connectivity index (χ1v) is 7.86. The van der Waals surface area contributed by atoms with Gasteiger partial charge in [-0.1, -0.05) is 39.5 Å². The SMILES string of the molecule is C=C(/N=C(C)\C(C)=C/C)Nc1ccc(C)c(CC(C)(C)C)c1. The average Bonchev–Trinajstić information content (AvgIpc) is 2.39. The molecule has 1 N–H and O–H groups in total. The molecule has 0 fully saturated rings. The van der Waals surface area contributed by atoms with Crippen LogP contribution in [-0.2, 0) is 6.42 Å². The predicted molar refractivity (Wildman–Crippen MR) is 99.6 cm³/mol. The van der Waals surface area contributed by atoms with Gasteiger partial charge >= 0.3 is 0 Å². The van der Waals surface area contributed by atoms with E-state index in [1.807, 2.05) is 13.8 Å². The van der Waals surface area contributed by atoms with Crippen LogP contribution in [0.2, 0.25) is 0 Å². The molecule has 0 aliphatic carbocycles. The summed E-state index contributed by atoms with van der Waals surface area (Å²) >= 11 is 0. The minimum Gasteiger partial charge on any atom is -0.341 e.